The zero-order valence-corrected chi connectivity index (χ0v) is 20.6. The maximum absolute atomic E-state index is 9.27. The second-order valence-corrected chi connectivity index (χ2v) is 9.42. The SMILES string of the molecule is CCCCCCCCCCCCCCCCCCCCCCCC(CO)NCCO. The highest BCUT2D eigenvalue weighted by Crippen LogP contribution is 2.15. The van der Waals surface area contributed by atoms with Gasteiger partial charge < -0.3 is 15.5 Å². The van der Waals surface area contributed by atoms with E-state index in [4.69, 9.17) is 5.11 Å². The van der Waals surface area contributed by atoms with Crippen molar-refractivity contribution < 1.29 is 10.2 Å². The lowest BCUT2D eigenvalue weighted by Crippen LogP contribution is -2.34. The second kappa shape index (κ2) is 26.9. The van der Waals surface area contributed by atoms with Crippen LogP contribution in [-0.4, -0.2) is 36.0 Å². The topological polar surface area (TPSA) is 52.5 Å². The first-order valence-corrected chi connectivity index (χ1v) is 13.8. The lowest BCUT2D eigenvalue weighted by atomic mass is 10.0. The molecule has 0 heterocycles. The smallest absolute Gasteiger partial charge is 0.0584 e. The Hall–Kier alpha value is -0.120. The number of aliphatic hydroxyl groups excluding tert-OH is 2. The van der Waals surface area contributed by atoms with Gasteiger partial charge in [-0.1, -0.05) is 142 Å². The van der Waals surface area contributed by atoms with Crippen molar-refractivity contribution in [3.05, 3.63) is 0 Å². The zero-order chi connectivity index (χ0) is 22.0. The fraction of sp³-hybridized carbons (Fsp3) is 1.00. The van der Waals surface area contributed by atoms with Crippen LogP contribution in [0.25, 0.3) is 0 Å². The zero-order valence-electron chi connectivity index (χ0n) is 20.6. The molecule has 3 N–H and O–H groups in total. The van der Waals surface area contributed by atoms with Crippen LogP contribution in [0.15, 0.2) is 0 Å². The van der Waals surface area contributed by atoms with Gasteiger partial charge in [-0.2, -0.15) is 0 Å². The van der Waals surface area contributed by atoms with Crippen molar-refractivity contribution in [2.75, 3.05) is 19.8 Å². The van der Waals surface area contributed by atoms with E-state index < -0.39 is 0 Å². The summed E-state index contributed by atoms with van der Waals surface area (Å²) in [6, 6.07) is 0.164. The molecule has 0 rings (SSSR count). The molecule has 0 aliphatic rings. The highest BCUT2D eigenvalue weighted by molar-refractivity contribution is 4.65. The number of aliphatic hydroxyl groups is 2. The molecule has 0 aliphatic carbocycles. The first kappa shape index (κ1) is 29.9. The van der Waals surface area contributed by atoms with Crippen LogP contribution in [0.1, 0.15) is 148 Å². The Morgan fingerprint density at radius 3 is 1.13 bits per heavy atom. The molecule has 1 unspecified atom stereocenters. The minimum Gasteiger partial charge on any atom is -0.395 e. The van der Waals surface area contributed by atoms with Gasteiger partial charge in [-0.3, -0.25) is 0 Å². The van der Waals surface area contributed by atoms with Crippen LogP contribution >= 0.6 is 0 Å². The van der Waals surface area contributed by atoms with Crippen LogP contribution in [0.2, 0.25) is 0 Å². The van der Waals surface area contributed by atoms with E-state index in [1.165, 1.54) is 135 Å². The summed E-state index contributed by atoms with van der Waals surface area (Å²) in [5.74, 6) is 0. The van der Waals surface area contributed by atoms with Crippen molar-refractivity contribution in [2.45, 2.75) is 154 Å². The largest absolute Gasteiger partial charge is 0.395 e. The molecule has 0 aromatic carbocycles. The predicted molar refractivity (Wildman–Crippen MR) is 133 cm³/mol. The number of hydrogen-bond acceptors (Lipinski definition) is 3. The van der Waals surface area contributed by atoms with Gasteiger partial charge in [0.05, 0.1) is 13.2 Å². The summed E-state index contributed by atoms with van der Waals surface area (Å²) in [5.41, 5.74) is 0. The van der Waals surface area contributed by atoms with Gasteiger partial charge >= 0.3 is 0 Å². The summed E-state index contributed by atoms with van der Waals surface area (Å²) < 4.78 is 0. The molecule has 0 amide bonds. The lowest BCUT2D eigenvalue weighted by molar-refractivity contribution is 0.217. The van der Waals surface area contributed by atoms with E-state index >= 15 is 0 Å². The molecular formula is C27H57NO2. The van der Waals surface area contributed by atoms with Crippen LogP contribution < -0.4 is 5.32 Å². The molecule has 3 nitrogen and oxygen atoms in total. The lowest BCUT2D eigenvalue weighted by Gasteiger charge is -2.15. The van der Waals surface area contributed by atoms with Crippen LogP contribution in [0.5, 0.6) is 0 Å². The van der Waals surface area contributed by atoms with E-state index in [1.54, 1.807) is 0 Å². The van der Waals surface area contributed by atoms with Crippen LogP contribution in [0.4, 0.5) is 0 Å². The molecule has 0 aromatic heterocycles. The molecule has 0 bridgehead atoms. The van der Waals surface area contributed by atoms with E-state index in [2.05, 4.69) is 12.2 Å². The van der Waals surface area contributed by atoms with Gasteiger partial charge in [0.25, 0.3) is 0 Å². The van der Waals surface area contributed by atoms with Crippen LogP contribution in [0, 0.1) is 0 Å². The van der Waals surface area contributed by atoms with Crippen molar-refractivity contribution in [3.8, 4) is 0 Å². The fourth-order valence-electron chi connectivity index (χ4n) is 4.35. The summed E-state index contributed by atoms with van der Waals surface area (Å²) in [6.45, 7) is 3.21. The fourth-order valence-corrected chi connectivity index (χ4v) is 4.35. The van der Waals surface area contributed by atoms with Crippen LogP contribution in [-0.2, 0) is 0 Å². The highest BCUT2D eigenvalue weighted by Gasteiger charge is 2.05. The van der Waals surface area contributed by atoms with Gasteiger partial charge in [0.1, 0.15) is 0 Å². The molecule has 0 saturated heterocycles. The Bertz CT molecular complexity index is 299. The molecule has 0 aliphatic heterocycles. The molecule has 1 atom stereocenters. The number of hydrogen-bond donors (Lipinski definition) is 3. The molecule has 0 fully saturated rings. The van der Waals surface area contributed by atoms with Crippen molar-refractivity contribution in [2.24, 2.45) is 0 Å². The van der Waals surface area contributed by atoms with E-state index in [-0.39, 0.29) is 19.3 Å². The van der Waals surface area contributed by atoms with Gasteiger partial charge in [-0.05, 0) is 6.42 Å². The number of nitrogens with one attached hydrogen (secondary N) is 1. The van der Waals surface area contributed by atoms with Gasteiger partial charge in [-0.15, -0.1) is 0 Å². The minimum atomic E-state index is 0.149. The second-order valence-electron chi connectivity index (χ2n) is 9.42. The average Bonchev–Trinajstić information content (AvgIpc) is 2.76. The van der Waals surface area contributed by atoms with E-state index in [9.17, 15) is 5.11 Å². The maximum Gasteiger partial charge on any atom is 0.0584 e. The number of rotatable bonds is 26. The van der Waals surface area contributed by atoms with E-state index in [0.29, 0.717) is 6.54 Å². The highest BCUT2D eigenvalue weighted by atomic mass is 16.3. The Morgan fingerprint density at radius 1 is 0.500 bits per heavy atom. The molecule has 0 spiro atoms. The monoisotopic (exact) mass is 427 g/mol. The molecule has 30 heavy (non-hydrogen) atoms. The normalized spacial score (nSPS) is 12.5. The van der Waals surface area contributed by atoms with Crippen molar-refractivity contribution in [1.29, 1.82) is 0 Å². The predicted octanol–water partition coefficient (Wildman–Crippen LogP) is 7.53. The third-order valence-electron chi connectivity index (χ3n) is 6.42. The summed E-state index contributed by atoms with van der Waals surface area (Å²) >= 11 is 0. The Balaban J connectivity index is 3.09. The molecule has 182 valence electrons. The Kier molecular flexibility index (Phi) is 26.8. The molecule has 0 aromatic rings. The Labute approximate surface area is 189 Å². The van der Waals surface area contributed by atoms with Crippen LogP contribution in [0.3, 0.4) is 0 Å². The first-order valence-electron chi connectivity index (χ1n) is 13.8. The van der Waals surface area contributed by atoms with Crippen molar-refractivity contribution in [3.63, 3.8) is 0 Å². The van der Waals surface area contributed by atoms with Gasteiger partial charge in [0.2, 0.25) is 0 Å². The van der Waals surface area contributed by atoms with Crippen molar-refractivity contribution >= 4 is 0 Å². The summed E-state index contributed by atoms with van der Waals surface area (Å²) in [7, 11) is 0. The molecule has 0 saturated carbocycles. The average molecular weight is 428 g/mol. The Morgan fingerprint density at radius 2 is 0.833 bits per heavy atom. The van der Waals surface area contributed by atoms with E-state index in [0.717, 1.165) is 6.42 Å². The summed E-state index contributed by atoms with van der Waals surface area (Å²) in [6.07, 6.45) is 30.7. The quantitative estimate of drug-likeness (QED) is 0.125. The standard InChI is InChI=1S/C27H57NO2/c1-2-3-4-5-6-7-8-9-10-11-12-13-14-15-16-17-18-19-20-21-22-23-27(26-30)28-24-25-29/h27-30H,2-26H2,1H3. The van der Waals surface area contributed by atoms with E-state index in [1.807, 2.05) is 0 Å². The van der Waals surface area contributed by atoms with Gasteiger partial charge in [0, 0.05) is 12.6 Å². The number of unbranched alkanes of at least 4 members (excludes halogenated alkanes) is 20. The maximum atomic E-state index is 9.27. The summed E-state index contributed by atoms with van der Waals surface area (Å²) in [4.78, 5) is 0. The van der Waals surface area contributed by atoms with Gasteiger partial charge in [-0.25, -0.2) is 0 Å². The van der Waals surface area contributed by atoms with Crippen molar-refractivity contribution in [1.82, 2.24) is 5.32 Å². The molecular weight excluding hydrogens is 370 g/mol. The molecule has 3 heteroatoms. The summed E-state index contributed by atoms with van der Waals surface area (Å²) in [5, 5.41) is 21.3. The third kappa shape index (κ3) is 24.2. The first-order chi connectivity index (χ1) is 14.8. The molecule has 0 radical (unpaired) electrons. The minimum absolute atomic E-state index is 0.149. The third-order valence-corrected chi connectivity index (χ3v) is 6.42. The van der Waals surface area contributed by atoms with Gasteiger partial charge in [0.15, 0.2) is 0 Å².